The summed E-state index contributed by atoms with van der Waals surface area (Å²) in [4.78, 5) is 22.6. The van der Waals surface area contributed by atoms with E-state index in [4.69, 9.17) is 10.8 Å². The van der Waals surface area contributed by atoms with E-state index in [1.54, 1.807) is 25.7 Å². The van der Waals surface area contributed by atoms with Crippen molar-refractivity contribution in [2.45, 2.75) is 50.9 Å². The lowest BCUT2D eigenvalue weighted by atomic mass is 10.1. The van der Waals surface area contributed by atoms with Gasteiger partial charge in [0.15, 0.2) is 5.65 Å². The number of likely N-dealkylation sites (tertiary alicyclic amines) is 1. The van der Waals surface area contributed by atoms with Gasteiger partial charge in [0.25, 0.3) is 0 Å². The largest absolute Gasteiger partial charge is 0.383 e. The zero-order chi connectivity index (χ0) is 25.4. The molecule has 3 heterocycles. The summed E-state index contributed by atoms with van der Waals surface area (Å²) in [5, 5.41) is 5.52. The van der Waals surface area contributed by atoms with Crippen LogP contribution in [0.3, 0.4) is 0 Å². The molecule has 1 atom stereocenters. The quantitative estimate of drug-likeness (QED) is 0.500. The first kappa shape index (κ1) is 24.8. The molecule has 35 heavy (non-hydrogen) atoms. The molecule has 3 aromatic rings. The minimum absolute atomic E-state index is 0.0516. The van der Waals surface area contributed by atoms with Crippen LogP contribution in [0.4, 0.5) is 5.82 Å². The van der Waals surface area contributed by atoms with Crippen LogP contribution in [-0.4, -0.2) is 56.8 Å². The van der Waals surface area contributed by atoms with Crippen molar-refractivity contribution in [1.82, 2.24) is 29.4 Å². The maximum atomic E-state index is 12.4. The molecule has 1 aliphatic rings. The van der Waals surface area contributed by atoms with Crippen LogP contribution >= 0.6 is 0 Å². The molecule has 1 aromatic carbocycles. The molecule has 4 rings (SSSR count). The van der Waals surface area contributed by atoms with Gasteiger partial charge in [-0.1, -0.05) is 30.8 Å². The maximum absolute atomic E-state index is 12.4. The monoisotopic (exact) mass is 497 g/mol. The van der Waals surface area contributed by atoms with E-state index in [9.17, 15) is 13.2 Å². The summed E-state index contributed by atoms with van der Waals surface area (Å²) in [6.07, 6.45) is 4.45. The fourth-order valence-electron chi connectivity index (χ4n) is 4.11. The number of piperidine rings is 1. The standard InChI is InChI=1S/C24H31N7O3S/c1-5-19(32)30-12-6-7-18(14-30)31-23-20(22(25)26-15-27-23)21(29-31)17-10-8-16(9-11-17)13-28-35(33,34)24(2,3)4/h5,8-11,15,18,28H,1,6-7,12-14H2,2-4H3,(H2,25,26,27). The number of nitrogens with one attached hydrogen (secondary N) is 1. The molecule has 11 heteroatoms. The number of rotatable bonds is 6. The van der Waals surface area contributed by atoms with Crippen LogP contribution in [0, 0.1) is 0 Å². The topological polar surface area (TPSA) is 136 Å². The third-order valence-electron chi connectivity index (χ3n) is 6.25. The van der Waals surface area contributed by atoms with Crippen molar-refractivity contribution in [3.05, 3.63) is 48.8 Å². The van der Waals surface area contributed by atoms with Gasteiger partial charge in [-0.15, -0.1) is 0 Å². The van der Waals surface area contributed by atoms with E-state index in [0.717, 1.165) is 24.0 Å². The molecule has 2 aromatic heterocycles. The van der Waals surface area contributed by atoms with Gasteiger partial charge in [-0.25, -0.2) is 27.8 Å². The number of hydrogen-bond acceptors (Lipinski definition) is 7. The van der Waals surface area contributed by atoms with E-state index >= 15 is 0 Å². The van der Waals surface area contributed by atoms with E-state index in [0.29, 0.717) is 35.6 Å². The lowest BCUT2D eigenvalue weighted by Gasteiger charge is -2.32. The number of nitrogen functional groups attached to an aromatic ring is 1. The summed E-state index contributed by atoms with van der Waals surface area (Å²) in [7, 11) is -3.45. The second kappa shape index (κ2) is 9.38. The average molecular weight is 498 g/mol. The summed E-state index contributed by atoms with van der Waals surface area (Å²) in [5.74, 6) is 0.228. The molecule has 1 unspecified atom stereocenters. The number of fused-ring (bicyclic) bond motifs is 1. The Balaban J connectivity index is 1.65. The number of benzene rings is 1. The molecule has 0 spiro atoms. The first-order valence-corrected chi connectivity index (χ1v) is 13.0. The highest BCUT2D eigenvalue weighted by Crippen LogP contribution is 2.34. The van der Waals surface area contributed by atoms with E-state index in [1.807, 2.05) is 28.9 Å². The molecule has 186 valence electrons. The maximum Gasteiger partial charge on any atom is 0.246 e. The van der Waals surface area contributed by atoms with Crippen LogP contribution in [0.15, 0.2) is 43.2 Å². The van der Waals surface area contributed by atoms with Crippen molar-refractivity contribution in [1.29, 1.82) is 0 Å². The molecule has 1 aliphatic heterocycles. The summed E-state index contributed by atoms with van der Waals surface area (Å²) < 4.78 is 28.3. The van der Waals surface area contributed by atoms with Crippen LogP contribution in [0.5, 0.6) is 0 Å². The van der Waals surface area contributed by atoms with Crippen molar-refractivity contribution in [2.24, 2.45) is 0 Å². The molecule has 3 N–H and O–H groups in total. The van der Waals surface area contributed by atoms with E-state index in [-0.39, 0.29) is 18.5 Å². The second-order valence-corrected chi connectivity index (χ2v) is 12.2. The lowest BCUT2D eigenvalue weighted by molar-refractivity contribution is -0.127. The van der Waals surface area contributed by atoms with E-state index in [2.05, 4.69) is 21.3 Å². The minimum atomic E-state index is -3.45. The molecule has 10 nitrogen and oxygen atoms in total. The smallest absolute Gasteiger partial charge is 0.246 e. The highest BCUT2D eigenvalue weighted by atomic mass is 32.2. The van der Waals surface area contributed by atoms with Crippen molar-refractivity contribution in [3.63, 3.8) is 0 Å². The molecule has 1 saturated heterocycles. The van der Waals surface area contributed by atoms with Crippen molar-refractivity contribution in [2.75, 3.05) is 18.8 Å². The Bertz CT molecular complexity index is 1360. The van der Waals surface area contributed by atoms with Crippen molar-refractivity contribution >= 4 is 32.8 Å². The summed E-state index contributed by atoms with van der Waals surface area (Å²) in [6.45, 7) is 9.96. The van der Waals surface area contributed by atoms with Gasteiger partial charge in [-0.2, -0.15) is 5.10 Å². The summed E-state index contributed by atoms with van der Waals surface area (Å²) >= 11 is 0. The minimum Gasteiger partial charge on any atom is -0.383 e. The Labute approximate surface area is 205 Å². The Kier molecular flexibility index (Phi) is 6.65. The molecular formula is C24H31N7O3S. The van der Waals surface area contributed by atoms with Gasteiger partial charge in [0.2, 0.25) is 15.9 Å². The second-order valence-electron chi connectivity index (χ2n) is 9.67. The van der Waals surface area contributed by atoms with E-state index in [1.165, 1.54) is 12.4 Å². The van der Waals surface area contributed by atoms with Crippen LogP contribution in [0.25, 0.3) is 22.3 Å². The third-order valence-corrected chi connectivity index (χ3v) is 8.38. The molecule has 0 saturated carbocycles. The number of anilines is 1. The number of aromatic nitrogens is 4. The number of hydrogen-bond donors (Lipinski definition) is 2. The number of sulfonamides is 1. The highest BCUT2D eigenvalue weighted by Gasteiger charge is 2.29. The summed E-state index contributed by atoms with van der Waals surface area (Å²) in [6, 6.07) is 7.43. The van der Waals surface area contributed by atoms with Crippen molar-refractivity contribution < 1.29 is 13.2 Å². The van der Waals surface area contributed by atoms with Crippen molar-refractivity contribution in [3.8, 4) is 11.3 Å². The molecule has 0 bridgehead atoms. The van der Waals surface area contributed by atoms with Crippen LogP contribution in [0.2, 0.25) is 0 Å². The first-order valence-electron chi connectivity index (χ1n) is 11.5. The Morgan fingerprint density at radius 2 is 1.97 bits per heavy atom. The van der Waals surface area contributed by atoms with Crippen LogP contribution in [0.1, 0.15) is 45.2 Å². The zero-order valence-corrected chi connectivity index (χ0v) is 21.0. The molecule has 0 aliphatic carbocycles. The van der Waals surface area contributed by atoms with Gasteiger partial charge in [0.05, 0.1) is 16.2 Å². The van der Waals surface area contributed by atoms with Gasteiger partial charge in [0.1, 0.15) is 17.8 Å². The normalized spacial score (nSPS) is 17.0. The number of nitrogens with zero attached hydrogens (tertiary/aromatic N) is 5. The number of carbonyl (C=O) groups excluding carboxylic acids is 1. The van der Waals surface area contributed by atoms with Gasteiger partial charge in [-0.05, 0) is 45.3 Å². The Hall–Kier alpha value is -3.31. The highest BCUT2D eigenvalue weighted by molar-refractivity contribution is 7.90. The molecular weight excluding hydrogens is 466 g/mol. The van der Waals surface area contributed by atoms with Gasteiger partial charge in [0, 0.05) is 25.2 Å². The summed E-state index contributed by atoms with van der Waals surface area (Å²) in [5.41, 5.74) is 9.14. The number of amides is 1. The third kappa shape index (κ3) is 4.92. The Morgan fingerprint density at radius 1 is 1.26 bits per heavy atom. The molecule has 1 amide bonds. The van der Waals surface area contributed by atoms with Crippen LogP contribution < -0.4 is 10.5 Å². The predicted octanol–water partition coefficient (Wildman–Crippen LogP) is 2.64. The van der Waals surface area contributed by atoms with Gasteiger partial charge in [-0.3, -0.25) is 4.79 Å². The van der Waals surface area contributed by atoms with Gasteiger partial charge < -0.3 is 10.6 Å². The molecule has 0 radical (unpaired) electrons. The zero-order valence-electron chi connectivity index (χ0n) is 20.2. The number of nitrogens with two attached hydrogens (primary N) is 1. The van der Waals surface area contributed by atoms with E-state index < -0.39 is 14.8 Å². The fourth-order valence-corrected chi connectivity index (χ4v) is 4.90. The Morgan fingerprint density at radius 3 is 2.63 bits per heavy atom. The lowest BCUT2D eigenvalue weighted by Crippen LogP contribution is -2.40. The average Bonchev–Trinajstić information content (AvgIpc) is 3.23. The predicted molar refractivity (Wildman–Crippen MR) is 136 cm³/mol. The van der Waals surface area contributed by atoms with Crippen LogP contribution in [-0.2, 0) is 21.4 Å². The molecule has 1 fully saturated rings. The fraction of sp³-hybridized carbons (Fsp3) is 0.417. The first-order chi connectivity index (χ1) is 16.5. The SMILES string of the molecule is C=CC(=O)N1CCCC(n2nc(-c3ccc(CNS(=O)(=O)C(C)(C)C)cc3)c3c(N)ncnc32)C1. The number of carbonyl (C=O) groups is 1. The van der Waals surface area contributed by atoms with Gasteiger partial charge >= 0.3 is 0 Å².